The summed E-state index contributed by atoms with van der Waals surface area (Å²) in [5.74, 6) is 1.46. The lowest BCUT2D eigenvalue weighted by atomic mass is 9.75. The molecule has 180 valence electrons. The van der Waals surface area contributed by atoms with Gasteiger partial charge in [-0.25, -0.2) is 0 Å². The van der Waals surface area contributed by atoms with E-state index in [1.807, 2.05) is 37.3 Å². The summed E-state index contributed by atoms with van der Waals surface area (Å²) in [6.07, 6.45) is 5.59. The third-order valence-electron chi connectivity index (χ3n) is 7.75. The van der Waals surface area contributed by atoms with Crippen LogP contribution in [0.5, 0.6) is 0 Å². The second-order valence-corrected chi connectivity index (χ2v) is 10.1. The molecule has 1 aromatic carbocycles. The van der Waals surface area contributed by atoms with Gasteiger partial charge in [-0.1, -0.05) is 25.8 Å². The van der Waals surface area contributed by atoms with Crippen molar-refractivity contribution in [1.29, 1.82) is 0 Å². The van der Waals surface area contributed by atoms with E-state index in [-0.39, 0.29) is 17.7 Å². The first-order valence-electron chi connectivity index (χ1n) is 12.4. The molecule has 1 saturated heterocycles. The van der Waals surface area contributed by atoms with Crippen LogP contribution in [-0.2, 0) is 19.7 Å². The van der Waals surface area contributed by atoms with E-state index < -0.39 is 11.5 Å². The molecule has 3 N–H and O–H groups in total. The number of nitrogens with one attached hydrogen (secondary N) is 3. The lowest BCUT2D eigenvalue weighted by Crippen LogP contribution is -2.42. The number of aryl methyl sites for hydroxylation is 1. The number of nitrogens with zero attached hydrogens (tertiary/aromatic N) is 2. The molecule has 2 fully saturated rings. The Labute approximate surface area is 200 Å². The molecule has 5 rings (SSSR count). The lowest BCUT2D eigenvalue weighted by molar-refractivity contribution is -0.124. The first-order chi connectivity index (χ1) is 16.4. The van der Waals surface area contributed by atoms with E-state index >= 15 is 0 Å². The average Bonchev–Trinajstić information content (AvgIpc) is 3.09. The zero-order chi connectivity index (χ0) is 23.7. The quantitative estimate of drug-likeness (QED) is 0.618. The molecule has 2 aromatic rings. The molecule has 3 aliphatic rings. The van der Waals surface area contributed by atoms with Gasteiger partial charge in [-0.2, -0.15) is 5.10 Å². The number of aromatic nitrogens is 2. The maximum Gasteiger partial charge on any atom is 0.247 e. The highest BCUT2D eigenvalue weighted by Gasteiger charge is 2.47. The molecule has 3 heterocycles. The zero-order valence-corrected chi connectivity index (χ0v) is 19.9. The van der Waals surface area contributed by atoms with Crippen LogP contribution in [0.15, 0.2) is 30.3 Å². The van der Waals surface area contributed by atoms with Crippen molar-refractivity contribution in [1.82, 2.24) is 10.2 Å². The first-order valence-corrected chi connectivity index (χ1v) is 12.4. The summed E-state index contributed by atoms with van der Waals surface area (Å²) in [5.41, 5.74) is 2.79. The number of rotatable bonds is 5. The van der Waals surface area contributed by atoms with Crippen LogP contribution in [0.3, 0.4) is 0 Å². The van der Waals surface area contributed by atoms with Crippen molar-refractivity contribution in [2.45, 2.75) is 63.8 Å². The second-order valence-electron chi connectivity index (χ2n) is 10.1. The third kappa shape index (κ3) is 4.39. The monoisotopic (exact) mass is 463 g/mol. The zero-order valence-electron chi connectivity index (χ0n) is 19.9. The highest BCUT2D eigenvalue weighted by atomic mass is 16.5. The van der Waals surface area contributed by atoms with E-state index in [0.29, 0.717) is 43.5 Å². The molecule has 8 nitrogen and oxygen atoms in total. The Morgan fingerprint density at radius 1 is 1.12 bits per heavy atom. The normalized spacial score (nSPS) is 24.2. The maximum atomic E-state index is 13.5. The number of carbonyl (C=O) groups is 2. The molecule has 8 heteroatoms. The van der Waals surface area contributed by atoms with Gasteiger partial charge in [0.2, 0.25) is 11.8 Å². The Morgan fingerprint density at radius 2 is 1.88 bits per heavy atom. The summed E-state index contributed by atoms with van der Waals surface area (Å²) in [6, 6.07) is 9.11. The molecule has 1 spiro atoms. The second kappa shape index (κ2) is 9.33. The summed E-state index contributed by atoms with van der Waals surface area (Å²) < 4.78 is 5.49. The number of fused-ring (bicyclic) bond motifs is 2. The Morgan fingerprint density at radius 3 is 2.59 bits per heavy atom. The molecule has 34 heavy (non-hydrogen) atoms. The van der Waals surface area contributed by atoms with Crippen LogP contribution < -0.4 is 16.0 Å². The molecule has 2 amide bonds. The van der Waals surface area contributed by atoms with Crippen molar-refractivity contribution in [2.24, 2.45) is 11.8 Å². The van der Waals surface area contributed by atoms with Crippen LogP contribution >= 0.6 is 0 Å². The molecule has 1 aliphatic carbocycles. The van der Waals surface area contributed by atoms with Gasteiger partial charge in [-0.15, -0.1) is 5.10 Å². The molecule has 0 radical (unpaired) electrons. The van der Waals surface area contributed by atoms with Crippen molar-refractivity contribution in [3.63, 3.8) is 0 Å². The summed E-state index contributed by atoms with van der Waals surface area (Å²) in [5, 5.41) is 17.8. The Balaban J connectivity index is 1.35. The molecule has 0 bridgehead atoms. The van der Waals surface area contributed by atoms with Gasteiger partial charge < -0.3 is 20.7 Å². The third-order valence-corrected chi connectivity index (χ3v) is 7.75. The van der Waals surface area contributed by atoms with Crippen LogP contribution in [0, 0.1) is 18.8 Å². The molecule has 1 unspecified atom stereocenters. The summed E-state index contributed by atoms with van der Waals surface area (Å²) in [4.78, 5) is 26.3. The Hall–Kier alpha value is -3.00. The standard InChI is InChI=1S/C26H33N5O3/c1-16-3-6-18(7-4-16)23(29-22-10-5-17(2)30-31-22)24(32)27-19-8-9-20-21(15-19)28-25(33)26(20)11-13-34-14-12-26/h5,8-10,15-16,18,23H,3-4,6-7,11-14H2,1-2H3,(H,27,32)(H,28,33)(H,29,31). The number of ether oxygens (including phenoxy) is 1. The predicted molar refractivity (Wildman–Crippen MR) is 131 cm³/mol. The van der Waals surface area contributed by atoms with Crippen LogP contribution in [0.4, 0.5) is 17.2 Å². The number of hydrogen-bond acceptors (Lipinski definition) is 6. The summed E-state index contributed by atoms with van der Waals surface area (Å²) in [7, 11) is 0. The number of carbonyl (C=O) groups excluding carboxylic acids is 2. The van der Waals surface area contributed by atoms with Crippen molar-refractivity contribution >= 4 is 29.0 Å². The van der Waals surface area contributed by atoms with E-state index in [4.69, 9.17) is 4.74 Å². The molecule has 2 aliphatic heterocycles. The summed E-state index contributed by atoms with van der Waals surface area (Å²) >= 11 is 0. The average molecular weight is 464 g/mol. The van der Waals surface area contributed by atoms with Gasteiger partial charge >= 0.3 is 0 Å². The van der Waals surface area contributed by atoms with Gasteiger partial charge in [0, 0.05) is 24.6 Å². The van der Waals surface area contributed by atoms with Crippen molar-refractivity contribution < 1.29 is 14.3 Å². The van der Waals surface area contributed by atoms with Gasteiger partial charge in [0.05, 0.1) is 11.1 Å². The van der Waals surface area contributed by atoms with Crippen molar-refractivity contribution in [2.75, 3.05) is 29.2 Å². The largest absolute Gasteiger partial charge is 0.381 e. The van der Waals surface area contributed by atoms with Gasteiger partial charge in [0.15, 0.2) is 0 Å². The van der Waals surface area contributed by atoms with Crippen LogP contribution in [0.1, 0.15) is 56.7 Å². The van der Waals surface area contributed by atoms with E-state index in [0.717, 1.165) is 42.6 Å². The van der Waals surface area contributed by atoms with E-state index in [2.05, 4.69) is 33.1 Å². The number of amides is 2. The van der Waals surface area contributed by atoms with Gasteiger partial charge in [0.25, 0.3) is 0 Å². The fraction of sp³-hybridized carbons (Fsp3) is 0.538. The van der Waals surface area contributed by atoms with E-state index in [1.54, 1.807) is 0 Å². The molecule has 1 saturated carbocycles. The lowest BCUT2D eigenvalue weighted by Gasteiger charge is -2.32. The molecule has 1 aromatic heterocycles. The first kappa shape index (κ1) is 22.8. The van der Waals surface area contributed by atoms with Gasteiger partial charge in [-0.05, 0) is 74.3 Å². The minimum atomic E-state index is -0.511. The fourth-order valence-electron chi connectivity index (χ4n) is 5.60. The predicted octanol–water partition coefficient (Wildman–Crippen LogP) is 4.03. The molecular formula is C26H33N5O3. The highest BCUT2D eigenvalue weighted by molar-refractivity contribution is 6.07. The minimum absolute atomic E-state index is 0.0306. The number of anilines is 3. The minimum Gasteiger partial charge on any atom is -0.381 e. The smallest absolute Gasteiger partial charge is 0.247 e. The molecule has 1 atom stereocenters. The molecular weight excluding hydrogens is 430 g/mol. The number of benzene rings is 1. The van der Waals surface area contributed by atoms with Crippen LogP contribution in [0.2, 0.25) is 0 Å². The van der Waals surface area contributed by atoms with Gasteiger partial charge in [-0.3, -0.25) is 9.59 Å². The Bertz CT molecular complexity index is 1060. The van der Waals surface area contributed by atoms with Crippen LogP contribution in [-0.4, -0.2) is 41.3 Å². The van der Waals surface area contributed by atoms with E-state index in [9.17, 15) is 9.59 Å². The fourth-order valence-corrected chi connectivity index (χ4v) is 5.60. The van der Waals surface area contributed by atoms with Crippen LogP contribution in [0.25, 0.3) is 0 Å². The SMILES string of the molecule is Cc1ccc(NC(C(=O)Nc2ccc3c(c2)NC(=O)C32CCOCC2)C2CCC(C)CC2)nn1. The topological polar surface area (TPSA) is 105 Å². The van der Waals surface area contributed by atoms with Gasteiger partial charge in [0.1, 0.15) is 11.9 Å². The van der Waals surface area contributed by atoms with E-state index in [1.165, 1.54) is 0 Å². The highest BCUT2D eigenvalue weighted by Crippen LogP contribution is 2.45. The maximum absolute atomic E-state index is 13.5. The Kier molecular flexibility index (Phi) is 6.25. The van der Waals surface area contributed by atoms with Crippen molar-refractivity contribution in [3.05, 3.63) is 41.6 Å². The summed E-state index contributed by atoms with van der Waals surface area (Å²) in [6.45, 7) is 5.33. The number of hydrogen-bond donors (Lipinski definition) is 3. The van der Waals surface area contributed by atoms with Crippen molar-refractivity contribution in [3.8, 4) is 0 Å².